The summed E-state index contributed by atoms with van der Waals surface area (Å²) in [5, 5.41) is 3.66. The molecule has 0 aliphatic heterocycles. The minimum atomic E-state index is -3.52. The number of carbonyl (C=O) groups excluding carboxylic acids is 1. The summed E-state index contributed by atoms with van der Waals surface area (Å²) in [6.07, 6.45) is 6.43. The molecule has 1 atom stereocenters. The Balaban J connectivity index is 1.57. The van der Waals surface area contributed by atoms with E-state index in [1.807, 2.05) is 6.92 Å². The highest BCUT2D eigenvalue weighted by molar-refractivity contribution is 7.92. The summed E-state index contributed by atoms with van der Waals surface area (Å²) in [5.74, 6) is -0.104. The molecule has 0 heterocycles. The van der Waals surface area contributed by atoms with Gasteiger partial charge in [-0.15, -0.1) is 0 Å². The van der Waals surface area contributed by atoms with Crippen molar-refractivity contribution in [2.24, 2.45) is 0 Å². The second kappa shape index (κ2) is 10.2. The molecule has 5 nitrogen and oxygen atoms in total. The van der Waals surface area contributed by atoms with Gasteiger partial charge in [0, 0.05) is 13.0 Å². The van der Waals surface area contributed by atoms with E-state index in [0.717, 1.165) is 24.7 Å². The van der Waals surface area contributed by atoms with Gasteiger partial charge in [-0.25, -0.2) is 8.42 Å². The Kier molecular flexibility index (Phi) is 7.89. The van der Waals surface area contributed by atoms with Gasteiger partial charge in [0.25, 0.3) is 0 Å². The number of benzene rings is 2. The van der Waals surface area contributed by atoms with Crippen molar-refractivity contribution in [3.8, 4) is 0 Å². The SMILES string of the molecule is C[C@@H](NC(=O)CCCN(c1ccc(Cl)c(Cl)c1)S(C)(=O)=O)c1ccc2c(c1)CCCC2. The zero-order valence-electron chi connectivity index (χ0n) is 17.8. The lowest BCUT2D eigenvalue weighted by atomic mass is 9.89. The van der Waals surface area contributed by atoms with Crippen LogP contribution in [0.5, 0.6) is 0 Å². The van der Waals surface area contributed by atoms with Gasteiger partial charge in [0.2, 0.25) is 15.9 Å². The minimum Gasteiger partial charge on any atom is -0.350 e. The van der Waals surface area contributed by atoms with Crippen LogP contribution in [0.15, 0.2) is 36.4 Å². The van der Waals surface area contributed by atoms with Crippen LogP contribution in [0.2, 0.25) is 10.0 Å². The maximum Gasteiger partial charge on any atom is 0.232 e. The second-order valence-electron chi connectivity index (χ2n) is 8.06. The number of sulfonamides is 1. The van der Waals surface area contributed by atoms with Gasteiger partial charge in [0.15, 0.2) is 0 Å². The monoisotopic (exact) mass is 482 g/mol. The Morgan fingerprint density at radius 3 is 2.45 bits per heavy atom. The van der Waals surface area contributed by atoms with Crippen molar-refractivity contribution in [1.29, 1.82) is 0 Å². The average molecular weight is 483 g/mol. The summed E-state index contributed by atoms with van der Waals surface area (Å²) in [4.78, 5) is 12.5. The molecule has 0 fully saturated rings. The number of aryl methyl sites for hydroxylation is 2. The Bertz CT molecular complexity index is 1060. The molecule has 0 bridgehead atoms. The van der Waals surface area contributed by atoms with E-state index in [-0.39, 0.29) is 29.9 Å². The lowest BCUT2D eigenvalue weighted by Gasteiger charge is -2.23. The second-order valence-corrected chi connectivity index (χ2v) is 10.8. The van der Waals surface area contributed by atoms with Crippen LogP contribution < -0.4 is 9.62 Å². The molecule has 1 amide bonds. The Labute approximate surface area is 194 Å². The number of hydrogen-bond donors (Lipinski definition) is 1. The highest BCUT2D eigenvalue weighted by atomic mass is 35.5. The number of hydrogen-bond acceptors (Lipinski definition) is 3. The van der Waals surface area contributed by atoms with Gasteiger partial charge in [0.05, 0.1) is 28.0 Å². The normalized spacial score (nSPS) is 14.6. The molecule has 0 saturated carbocycles. The fraction of sp³-hybridized carbons (Fsp3) is 0.435. The third-order valence-corrected chi connectivity index (χ3v) is 7.54. The maximum absolute atomic E-state index is 12.5. The number of carbonyl (C=O) groups is 1. The predicted octanol–water partition coefficient (Wildman–Crippen LogP) is 5.30. The summed E-state index contributed by atoms with van der Waals surface area (Å²) in [6.45, 7) is 2.15. The van der Waals surface area contributed by atoms with Gasteiger partial charge in [-0.05, 0) is 73.9 Å². The molecule has 8 heteroatoms. The predicted molar refractivity (Wildman–Crippen MR) is 128 cm³/mol. The van der Waals surface area contributed by atoms with E-state index in [4.69, 9.17) is 23.2 Å². The first kappa shape index (κ1) is 23.9. The van der Waals surface area contributed by atoms with Gasteiger partial charge < -0.3 is 5.32 Å². The summed E-state index contributed by atoms with van der Waals surface area (Å²) < 4.78 is 25.7. The van der Waals surface area contributed by atoms with Crippen molar-refractivity contribution in [3.63, 3.8) is 0 Å². The third kappa shape index (κ3) is 6.37. The van der Waals surface area contributed by atoms with Gasteiger partial charge >= 0.3 is 0 Å². The molecule has 1 N–H and O–H groups in total. The number of rotatable bonds is 8. The fourth-order valence-electron chi connectivity index (χ4n) is 3.93. The van der Waals surface area contributed by atoms with E-state index >= 15 is 0 Å². The molecule has 0 spiro atoms. The van der Waals surface area contributed by atoms with E-state index < -0.39 is 10.0 Å². The topological polar surface area (TPSA) is 66.5 Å². The maximum atomic E-state index is 12.5. The van der Waals surface area contributed by atoms with Crippen LogP contribution in [-0.2, 0) is 27.7 Å². The third-order valence-electron chi connectivity index (χ3n) is 5.61. The standard InChI is InChI=1S/C23H28Cl2N2O3S/c1-16(18-10-9-17-6-3-4-7-19(17)14-18)26-23(28)8-5-13-27(31(2,29)30)20-11-12-21(24)22(25)15-20/h9-12,14-16H,3-8,13H2,1-2H3,(H,26,28)/t16-/m1/s1. The van der Waals surface area contributed by atoms with Crippen molar-refractivity contribution >= 4 is 44.8 Å². The Hall–Kier alpha value is -1.76. The molecule has 1 aliphatic carbocycles. The number of amides is 1. The summed E-state index contributed by atoms with van der Waals surface area (Å²) >= 11 is 12.0. The van der Waals surface area contributed by atoms with Crippen LogP contribution in [0.3, 0.4) is 0 Å². The highest BCUT2D eigenvalue weighted by Crippen LogP contribution is 2.29. The van der Waals surface area contributed by atoms with Gasteiger partial charge in [-0.1, -0.05) is 41.4 Å². The average Bonchev–Trinajstić information content (AvgIpc) is 2.72. The molecule has 0 radical (unpaired) electrons. The van der Waals surface area contributed by atoms with Crippen LogP contribution in [0.1, 0.15) is 55.3 Å². The fourth-order valence-corrected chi connectivity index (χ4v) is 5.18. The number of anilines is 1. The number of nitrogens with zero attached hydrogens (tertiary/aromatic N) is 1. The van der Waals surface area contributed by atoms with Gasteiger partial charge in [0.1, 0.15) is 0 Å². The first-order chi connectivity index (χ1) is 14.6. The van der Waals surface area contributed by atoms with Crippen LogP contribution >= 0.6 is 23.2 Å². The molecule has 31 heavy (non-hydrogen) atoms. The molecule has 168 valence electrons. The highest BCUT2D eigenvalue weighted by Gasteiger charge is 2.19. The number of halogens is 2. The van der Waals surface area contributed by atoms with Crippen molar-refractivity contribution < 1.29 is 13.2 Å². The largest absolute Gasteiger partial charge is 0.350 e. The first-order valence-electron chi connectivity index (χ1n) is 10.5. The van der Waals surface area contributed by atoms with E-state index in [1.54, 1.807) is 12.1 Å². The van der Waals surface area contributed by atoms with Crippen LogP contribution in [0.25, 0.3) is 0 Å². The minimum absolute atomic E-state index is 0.0965. The zero-order chi connectivity index (χ0) is 22.6. The molecule has 3 rings (SSSR count). The summed E-state index contributed by atoms with van der Waals surface area (Å²) in [7, 11) is -3.52. The van der Waals surface area contributed by atoms with Crippen molar-refractivity contribution in [1.82, 2.24) is 5.32 Å². The number of nitrogens with one attached hydrogen (secondary N) is 1. The van der Waals surface area contributed by atoms with E-state index in [2.05, 4.69) is 23.5 Å². The molecule has 0 aromatic heterocycles. The van der Waals surface area contributed by atoms with Gasteiger partial charge in [-0.2, -0.15) is 0 Å². The molecular formula is C23H28Cl2N2O3S. The molecule has 2 aromatic carbocycles. The van der Waals surface area contributed by atoms with Crippen molar-refractivity contribution in [2.75, 3.05) is 17.1 Å². The Morgan fingerprint density at radius 1 is 1.06 bits per heavy atom. The lowest BCUT2D eigenvalue weighted by Crippen LogP contribution is -2.32. The lowest BCUT2D eigenvalue weighted by molar-refractivity contribution is -0.121. The first-order valence-corrected chi connectivity index (χ1v) is 13.1. The summed E-state index contributed by atoms with van der Waals surface area (Å²) in [6, 6.07) is 11.1. The van der Waals surface area contributed by atoms with E-state index in [0.29, 0.717) is 17.1 Å². The van der Waals surface area contributed by atoms with Gasteiger partial charge in [-0.3, -0.25) is 9.10 Å². The van der Waals surface area contributed by atoms with Crippen LogP contribution in [0.4, 0.5) is 5.69 Å². The molecular weight excluding hydrogens is 455 g/mol. The molecule has 0 saturated heterocycles. The van der Waals surface area contributed by atoms with E-state index in [1.165, 1.54) is 34.3 Å². The molecule has 0 unspecified atom stereocenters. The molecule has 1 aliphatic rings. The zero-order valence-corrected chi connectivity index (χ0v) is 20.2. The molecule has 2 aromatic rings. The van der Waals surface area contributed by atoms with Crippen molar-refractivity contribution in [3.05, 3.63) is 63.1 Å². The quantitative estimate of drug-likeness (QED) is 0.555. The smallest absolute Gasteiger partial charge is 0.232 e. The number of fused-ring (bicyclic) bond motifs is 1. The Morgan fingerprint density at radius 2 is 1.77 bits per heavy atom. The summed E-state index contributed by atoms with van der Waals surface area (Å²) in [5.41, 5.74) is 4.33. The van der Waals surface area contributed by atoms with Crippen molar-refractivity contribution in [2.45, 2.75) is 51.5 Å². The van der Waals surface area contributed by atoms with E-state index in [9.17, 15) is 13.2 Å². The van der Waals surface area contributed by atoms with Crippen LogP contribution in [-0.4, -0.2) is 27.1 Å². The van der Waals surface area contributed by atoms with Crippen LogP contribution in [0, 0.1) is 0 Å².